The molecule has 0 fully saturated rings. The molecule has 0 radical (unpaired) electrons. The van der Waals surface area contributed by atoms with Gasteiger partial charge in [-0.2, -0.15) is 8.42 Å². The van der Waals surface area contributed by atoms with Gasteiger partial charge in [0.1, 0.15) is 0 Å². The monoisotopic (exact) mass is 366 g/mol. The van der Waals surface area contributed by atoms with Crippen LogP contribution in [-0.2, 0) is 21.8 Å². The fourth-order valence-electron chi connectivity index (χ4n) is 1.27. The second kappa shape index (κ2) is 14.4. The van der Waals surface area contributed by atoms with Crippen LogP contribution in [0.1, 0.15) is 13.8 Å². The van der Waals surface area contributed by atoms with Crippen LogP contribution in [0.3, 0.4) is 0 Å². The van der Waals surface area contributed by atoms with E-state index in [-0.39, 0.29) is 29.6 Å². The smallest absolute Gasteiger partial charge is 0.750 e. The molecule has 0 spiro atoms. The van der Waals surface area contributed by atoms with E-state index in [2.05, 4.69) is 30.9 Å². The number of nitrogen functional groups attached to an aromatic ring is 1. The summed E-state index contributed by atoms with van der Waals surface area (Å²) in [6, 6.07) is 7.99. The van der Waals surface area contributed by atoms with Gasteiger partial charge >= 0.3 is 40.0 Å². The Bertz CT molecular complexity index is 495. The molecule has 1 unspecified atom stereocenters. The molecular weight excluding hydrogens is 347 g/mol. The maximum Gasteiger partial charge on any atom is 1.00 e. The van der Waals surface area contributed by atoms with Crippen LogP contribution in [0, 0.1) is 0 Å². The molecule has 0 saturated heterocycles. The number of rotatable bonds is 3. The van der Waals surface area contributed by atoms with Gasteiger partial charge < -0.3 is 19.7 Å². The van der Waals surface area contributed by atoms with E-state index in [1.54, 1.807) is 0 Å². The molecule has 1 aromatic rings. The third kappa shape index (κ3) is 22.0. The van der Waals surface area contributed by atoms with Crippen molar-refractivity contribution in [1.29, 1.82) is 0 Å². The van der Waals surface area contributed by atoms with Gasteiger partial charge in [-0.3, -0.25) is 9.11 Å². The van der Waals surface area contributed by atoms with Crippen LogP contribution in [0.15, 0.2) is 24.3 Å². The molecule has 5 N–H and O–H groups in total. The van der Waals surface area contributed by atoms with Crippen LogP contribution < -0.4 is 40.2 Å². The summed E-state index contributed by atoms with van der Waals surface area (Å²) in [4.78, 5) is 2.29. The molecule has 0 aromatic heterocycles. The van der Waals surface area contributed by atoms with Crippen LogP contribution >= 0.6 is 0 Å². The summed E-state index contributed by atoms with van der Waals surface area (Å²) in [5.74, 6) is 0. The second-order valence-electron chi connectivity index (χ2n) is 3.43. The summed E-state index contributed by atoms with van der Waals surface area (Å²) in [5, 5.41) is 0. The van der Waals surface area contributed by atoms with Gasteiger partial charge in [0.25, 0.3) is 0 Å². The van der Waals surface area contributed by atoms with E-state index < -0.39 is 21.8 Å². The van der Waals surface area contributed by atoms with E-state index in [0.717, 1.165) is 18.8 Å². The molecule has 1 rings (SSSR count). The topological polar surface area (TPSA) is 164 Å². The Morgan fingerprint density at radius 3 is 1.68 bits per heavy atom. The first-order valence-electron chi connectivity index (χ1n) is 5.59. The van der Waals surface area contributed by atoms with Crippen molar-refractivity contribution in [3.8, 4) is 0 Å². The minimum absolute atomic E-state index is 0. The zero-order chi connectivity index (χ0) is 17.1. The first kappa shape index (κ1) is 26.6. The van der Waals surface area contributed by atoms with Crippen molar-refractivity contribution in [1.82, 2.24) is 0 Å². The summed E-state index contributed by atoms with van der Waals surface area (Å²) in [5.41, 5.74) is 7.66. The average Bonchev–Trinajstić information content (AvgIpc) is 2.30. The summed E-state index contributed by atoms with van der Waals surface area (Å²) in [7, 11) is -4.67. The molecule has 12 heteroatoms. The number of nitrogens with two attached hydrogens (primary N) is 1. The Morgan fingerprint density at radius 2 is 1.45 bits per heavy atom. The summed E-state index contributed by atoms with van der Waals surface area (Å²) in [6.07, 6.45) is 0. The minimum Gasteiger partial charge on any atom is -0.750 e. The molecule has 9 nitrogen and oxygen atoms in total. The van der Waals surface area contributed by atoms with Gasteiger partial charge in [-0.15, -0.1) is 0 Å². The number of hydrogen-bond donors (Lipinski definition) is 4. The standard InChI is InChI=1S/C10H16N2.Na.H2O4S.H2O3S/c1-3-12(4-2)10-7-5-9(11)6-8-10;;1-5(2,3)4;1-4(2)3/h5-8H,3-4,11H2,1-2H3;;(H2,1,2,3,4);(H2,1,2,3)/q;+1;;/p-1. The molecular formula is C10H19N2NaO7S2. The molecule has 0 aliphatic rings. The molecule has 1 atom stereocenters. The number of nitrogens with zero attached hydrogens (tertiary/aromatic N) is 1. The van der Waals surface area contributed by atoms with E-state index in [0.29, 0.717) is 0 Å². The summed E-state index contributed by atoms with van der Waals surface area (Å²) >= 11 is -2.86. The van der Waals surface area contributed by atoms with Crippen LogP contribution in [0.25, 0.3) is 0 Å². The molecule has 22 heavy (non-hydrogen) atoms. The SMILES string of the molecule is CCN(CC)c1ccc(N)cc1.O=S(=O)(O)O.O=S([O-])O.[Na+]. The fraction of sp³-hybridized carbons (Fsp3) is 0.400. The Labute approximate surface area is 154 Å². The Kier molecular flexibility index (Phi) is 17.4. The van der Waals surface area contributed by atoms with Gasteiger partial charge in [-0.1, -0.05) is 0 Å². The van der Waals surface area contributed by atoms with Crippen molar-refractivity contribution >= 4 is 33.1 Å². The van der Waals surface area contributed by atoms with E-state index in [9.17, 15) is 0 Å². The van der Waals surface area contributed by atoms with Crippen LogP contribution in [0.4, 0.5) is 11.4 Å². The molecule has 0 aliphatic carbocycles. The van der Waals surface area contributed by atoms with Gasteiger partial charge in [0, 0.05) is 24.5 Å². The van der Waals surface area contributed by atoms with Gasteiger partial charge in [-0.05, 0) is 38.1 Å². The fourth-order valence-corrected chi connectivity index (χ4v) is 1.27. The summed E-state index contributed by atoms with van der Waals surface area (Å²) in [6.45, 7) is 6.39. The number of anilines is 2. The van der Waals surface area contributed by atoms with Crippen molar-refractivity contribution in [2.75, 3.05) is 23.7 Å². The molecule has 1 aromatic carbocycles. The van der Waals surface area contributed by atoms with Gasteiger partial charge in [0.15, 0.2) is 0 Å². The van der Waals surface area contributed by atoms with E-state index in [1.165, 1.54) is 5.69 Å². The first-order valence-corrected chi connectivity index (χ1v) is 8.02. The van der Waals surface area contributed by atoms with Crippen molar-refractivity contribution in [2.45, 2.75) is 13.8 Å². The molecule has 0 aliphatic heterocycles. The molecule has 0 amide bonds. The summed E-state index contributed by atoms with van der Waals surface area (Å²) < 4.78 is 55.7. The largest absolute Gasteiger partial charge is 1.00 e. The van der Waals surface area contributed by atoms with E-state index in [1.807, 2.05) is 12.1 Å². The Balaban J connectivity index is -0.000000304. The molecule has 0 bridgehead atoms. The van der Waals surface area contributed by atoms with Crippen molar-refractivity contribution < 1.29 is 60.4 Å². The third-order valence-corrected chi connectivity index (χ3v) is 2.02. The maximum absolute atomic E-state index is 8.74. The normalized spacial score (nSPS) is 10.8. The quantitative estimate of drug-likeness (QED) is 0.201. The first-order chi connectivity index (χ1) is 9.51. The number of benzene rings is 1. The van der Waals surface area contributed by atoms with Crippen molar-refractivity contribution in [3.63, 3.8) is 0 Å². The zero-order valence-electron chi connectivity index (χ0n) is 12.5. The molecule has 124 valence electrons. The van der Waals surface area contributed by atoms with Gasteiger partial charge in [0.05, 0.1) is 11.4 Å². The Hall–Kier alpha value is -0.240. The average molecular weight is 366 g/mol. The van der Waals surface area contributed by atoms with Crippen LogP contribution in [-0.4, -0.2) is 43.9 Å². The number of hydrogen-bond acceptors (Lipinski definition) is 6. The predicted molar refractivity (Wildman–Crippen MR) is 80.1 cm³/mol. The minimum atomic E-state index is -4.67. The van der Waals surface area contributed by atoms with E-state index in [4.69, 9.17) is 36.6 Å². The second-order valence-corrected chi connectivity index (χ2v) is 4.76. The van der Waals surface area contributed by atoms with E-state index >= 15 is 0 Å². The predicted octanol–water partition coefficient (Wildman–Crippen LogP) is -2.20. The van der Waals surface area contributed by atoms with Crippen molar-refractivity contribution in [3.05, 3.63) is 24.3 Å². The molecule has 0 saturated carbocycles. The van der Waals surface area contributed by atoms with Crippen molar-refractivity contribution in [2.24, 2.45) is 0 Å². The maximum atomic E-state index is 8.74. The van der Waals surface area contributed by atoms with Crippen LogP contribution in [0.5, 0.6) is 0 Å². The zero-order valence-corrected chi connectivity index (χ0v) is 16.2. The Morgan fingerprint density at radius 1 is 1.18 bits per heavy atom. The van der Waals surface area contributed by atoms with Gasteiger partial charge in [0.2, 0.25) is 0 Å². The van der Waals surface area contributed by atoms with Gasteiger partial charge in [-0.25, -0.2) is 4.21 Å². The third-order valence-electron chi connectivity index (χ3n) is 2.02. The van der Waals surface area contributed by atoms with Crippen LogP contribution in [0.2, 0.25) is 0 Å². The molecule has 0 heterocycles.